The Hall–Kier alpha value is -2.65. The highest BCUT2D eigenvalue weighted by Gasteiger charge is 2.39. The van der Waals surface area contributed by atoms with Crippen LogP contribution >= 0.6 is 0 Å². The van der Waals surface area contributed by atoms with Crippen LogP contribution in [-0.2, 0) is 16.2 Å². The number of nitrogens with zero attached hydrogens (tertiary/aromatic N) is 2. The van der Waals surface area contributed by atoms with Crippen molar-refractivity contribution in [3.05, 3.63) is 66.4 Å². The van der Waals surface area contributed by atoms with Crippen molar-refractivity contribution in [2.75, 3.05) is 13.1 Å². The smallest absolute Gasteiger partial charge is 0.433 e. The van der Waals surface area contributed by atoms with E-state index in [-0.39, 0.29) is 23.9 Å². The van der Waals surface area contributed by atoms with E-state index in [9.17, 15) is 21.6 Å². The number of hydrogen-bond donors (Lipinski definition) is 0. The van der Waals surface area contributed by atoms with E-state index in [2.05, 4.69) is 4.98 Å². The summed E-state index contributed by atoms with van der Waals surface area (Å²) in [6.07, 6.45) is -5.12. The highest BCUT2D eigenvalue weighted by Crippen LogP contribution is 2.31. The number of aromatic nitrogens is 1. The maximum absolute atomic E-state index is 12.9. The van der Waals surface area contributed by atoms with E-state index in [1.807, 2.05) is 18.2 Å². The summed E-state index contributed by atoms with van der Waals surface area (Å²) in [5.74, 6) is -0.179. The summed E-state index contributed by atoms with van der Waals surface area (Å²) in [6.45, 7) is 0.0902. The van der Waals surface area contributed by atoms with Crippen LogP contribution in [0, 0.1) is 0 Å². The molecule has 0 bridgehead atoms. The summed E-state index contributed by atoms with van der Waals surface area (Å²) in [7, 11) is -3.73. The third-order valence-electron chi connectivity index (χ3n) is 4.48. The molecule has 0 unspecified atom stereocenters. The first-order chi connectivity index (χ1) is 13.2. The molecule has 0 saturated carbocycles. The molecule has 0 atom stereocenters. The van der Waals surface area contributed by atoms with Crippen molar-refractivity contribution in [1.82, 2.24) is 9.29 Å². The minimum absolute atomic E-state index is 0.0451. The Kier molecular flexibility index (Phi) is 4.51. The molecule has 1 fully saturated rings. The first kappa shape index (κ1) is 18.7. The van der Waals surface area contributed by atoms with E-state index in [1.165, 1.54) is 16.4 Å². The van der Waals surface area contributed by atoms with Gasteiger partial charge in [0.2, 0.25) is 15.9 Å². The Bertz CT molecular complexity index is 1120. The molecule has 0 N–H and O–H groups in total. The average molecular weight is 408 g/mol. The lowest BCUT2D eigenvalue weighted by molar-refractivity contribution is -0.141. The van der Waals surface area contributed by atoms with E-state index in [0.29, 0.717) is 5.39 Å². The van der Waals surface area contributed by atoms with Crippen LogP contribution < -0.4 is 4.74 Å². The molecule has 9 heteroatoms. The molecule has 1 aromatic heterocycles. The number of halogens is 3. The van der Waals surface area contributed by atoms with Crippen LogP contribution in [-0.4, -0.2) is 36.9 Å². The van der Waals surface area contributed by atoms with E-state index < -0.39 is 28.0 Å². The highest BCUT2D eigenvalue weighted by atomic mass is 32.2. The first-order valence-corrected chi connectivity index (χ1v) is 9.88. The minimum atomic E-state index is -4.57. The van der Waals surface area contributed by atoms with E-state index in [0.717, 1.165) is 11.5 Å². The molecule has 146 valence electrons. The molecular weight excluding hydrogens is 393 g/mol. The van der Waals surface area contributed by atoms with Crippen molar-refractivity contribution >= 4 is 20.8 Å². The van der Waals surface area contributed by atoms with Crippen molar-refractivity contribution in [3.8, 4) is 5.88 Å². The van der Waals surface area contributed by atoms with Gasteiger partial charge in [0.05, 0.1) is 18.0 Å². The predicted octanol–water partition coefficient (Wildman–Crippen LogP) is 3.71. The predicted molar refractivity (Wildman–Crippen MR) is 96.4 cm³/mol. The monoisotopic (exact) mass is 408 g/mol. The number of fused-ring (bicyclic) bond motifs is 1. The molecule has 0 amide bonds. The normalized spacial score (nSPS) is 16.1. The van der Waals surface area contributed by atoms with Crippen LogP contribution in [0.2, 0.25) is 0 Å². The molecule has 28 heavy (non-hydrogen) atoms. The lowest BCUT2D eigenvalue weighted by Crippen LogP contribution is -2.56. The molecule has 0 radical (unpaired) electrons. The number of sulfonamides is 1. The summed E-state index contributed by atoms with van der Waals surface area (Å²) in [5, 5.41) is 1.43. The van der Waals surface area contributed by atoms with Gasteiger partial charge < -0.3 is 4.74 Å². The van der Waals surface area contributed by atoms with Gasteiger partial charge in [-0.15, -0.1) is 0 Å². The van der Waals surface area contributed by atoms with Gasteiger partial charge in [-0.1, -0.05) is 42.5 Å². The van der Waals surface area contributed by atoms with Crippen molar-refractivity contribution in [2.24, 2.45) is 0 Å². The van der Waals surface area contributed by atoms with Gasteiger partial charge in [0.1, 0.15) is 11.8 Å². The lowest BCUT2D eigenvalue weighted by Gasteiger charge is -2.37. The van der Waals surface area contributed by atoms with Crippen LogP contribution in [0.25, 0.3) is 10.8 Å². The number of benzene rings is 2. The molecule has 1 aliphatic rings. The number of rotatable bonds is 4. The zero-order valence-corrected chi connectivity index (χ0v) is 15.2. The SMILES string of the molecule is O=S(=O)(c1cccc2ccccc12)N1CC(Oc2cccc(C(F)(F)F)n2)C1. The first-order valence-electron chi connectivity index (χ1n) is 8.44. The molecule has 1 aliphatic heterocycles. The van der Waals surface area contributed by atoms with Gasteiger partial charge in [0, 0.05) is 11.5 Å². The average Bonchev–Trinajstić information content (AvgIpc) is 2.63. The fourth-order valence-corrected chi connectivity index (χ4v) is 4.76. The molecule has 2 aromatic carbocycles. The maximum atomic E-state index is 12.9. The second-order valence-corrected chi connectivity index (χ2v) is 8.30. The summed E-state index contributed by atoms with van der Waals surface area (Å²) in [4.78, 5) is 3.63. The van der Waals surface area contributed by atoms with Crippen molar-refractivity contribution in [1.29, 1.82) is 0 Å². The van der Waals surface area contributed by atoms with Gasteiger partial charge >= 0.3 is 6.18 Å². The zero-order chi connectivity index (χ0) is 19.9. The third kappa shape index (κ3) is 3.43. The van der Waals surface area contributed by atoms with E-state index in [4.69, 9.17) is 4.74 Å². The van der Waals surface area contributed by atoms with Crippen molar-refractivity contribution in [2.45, 2.75) is 17.2 Å². The molecule has 5 nitrogen and oxygen atoms in total. The Morgan fingerprint density at radius 1 is 0.964 bits per heavy atom. The number of hydrogen-bond acceptors (Lipinski definition) is 4. The van der Waals surface area contributed by atoms with Gasteiger partial charge in [0.15, 0.2) is 0 Å². The molecule has 1 saturated heterocycles. The summed E-state index contributed by atoms with van der Waals surface area (Å²) in [5.41, 5.74) is -1.05. The van der Waals surface area contributed by atoms with Gasteiger partial charge in [-0.25, -0.2) is 13.4 Å². The molecule has 0 spiro atoms. The largest absolute Gasteiger partial charge is 0.472 e. The lowest BCUT2D eigenvalue weighted by atomic mass is 10.1. The fraction of sp³-hybridized carbons (Fsp3) is 0.211. The second kappa shape index (κ2) is 6.75. The van der Waals surface area contributed by atoms with Gasteiger partial charge in [-0.05, 0) is 17.5 Å². The molecule has 3 aromatic rings. The van der Waals surface area contributed by atoms with Crippen LogP contribution in [0.3, 0.4) is 0 Å². The Balaban J connectivity index is 1.49. The molecule has 2 heterocycles. The molecule has 0 aliphatic carbocycles. The molecular formula is C19H15F3N2O3S. The number of pyridine rings is 1. The maximum Gasteiger partial charge on any atom is 0.433 e. The third-order valence-corrected chi connectivity index (χ3v) is 6.37. The van der Waals surface area contributed by atoms with Crippen LogP contribution in [0.15, 0.2) is 65.6 Å². The summed E-state index contributed by atoms with van der Waals surface area (Å²) in [6, 6.07) is 15.6. The number of alkyl halides is 3. The Morgan fingerprint density at radius 2 is 1.64 bits per heavy atom. The zero-order valence-electron chi connectivity index (χ0n) is 14.4. The second-order valence-electron chi connectivity index (χ2n) is 6.40. The summed E-state index contributed by atoms with van der Waals surface area (Å²) < 4.78 is 70.7. The van der Waals surface area contributed by atoms with Gasteiger partial charge in [-0.2, -0.15) is 17.5 Å². The Morgan fingerprint density at radius 3 is 2.39 bits per heavy atom. The Labute approximate surface area is 159 Å². The van der Waals surface area contributed by atoms with Crippen molar-refractivity contribution < 1.29 is 26.3 Å². The van der Waals surface area contributed by atoms with E-state index >= 15 is 0 Å². The standard InChI is InChI=1S/C19H15F3N2O3S/c20-19(21,22)17-9-4-10-18(23-17)27-14-11-24(12-14)28(25,26)16-8-3-6-13-5-1-2-7-15(13)16/h1-10,14H,11-12H2. The quantitative estimate of drug-likeness (QED) is 0.661. The summed E-state index contributed by atoms with van der Waals surface area (Å²) >= 11 is 0. The topological polar surface area (TPSA) is 59.5 Å². The van der Waals surface area contributed by atoms with Crippen LogP contribution in [0.4, 0.5) is 13.2 Å². The fourth-order valence-electron chi connectivity index (χ4n) is 3.04. The van der Waals surface area contributed by atoms with Gasteiger partial charge in [-0.3, -0.25) is 0 Å². The van der Waals surface area contributed by atoms with Crippen molar-refractivity contribution in [3.63, 3.8) is 0 Å². The molecule has 4 rings (SSSR count). The van der Waals surface area contributed by atoms with Crippen LogP contribution in [0.5, 0.6) is 5.88 Å². The van der Waals surface area contributed by atoms with Gasteiger partial charge in [0.25, 0.3) is 0 Å². The number of ether oxygens (including phenoxy) is 1. The minimum Gasteiger partial charge on any atom is -0.472 e. The highest BCUT2D eigenvalue weighted by molar-refractivity contribution is 7.89. The van der Waals surface area contributed by atoms with Crippen LogP contribution in [0.1, 0.15) is 5.69 Å². The van der Waals surface area contributed by atoms with E-state index in [1.54, 1.807) is 24.3 Å².